The first kappa shape index (κ1) is 17.2. The van der Waals surface area contributed by atoms with Crippen LogP contribution >= 0.6 is 11.3 Å². The molecule has 4 rings (SSSR count). The summed E-state index contributed by atoms with van der Waals surface area (Å²) in [5.74, 6) is -1.64. The second-order valence-corrected chi connectivity index (χ2v) is 6.92. The first-order chi connectivity index (χ1) is 13.0. The van der Waals surface area contributed by atoms with Gasteiger partial charge in [-0.25, -0.2) is 23.4 Å². The Labute approximate surface area is 156 Å². The molecule has 2 heterocycles. The van der Waals surface area contributed by atoms with Gasteiger partial charge in [0.1, 0.15) is 29.3 Å². The number of hydrogen-bond donors (Lipinski definition) is 1. The van der Waals surface area contributed by atoms with Crippen LogP contribution in [0.4, 0.5) is 8.78 Å². The van der Waals surface area contributed by atoms with Crippen LogP contribution in [0.15, 0.2) is 49.1 Å². The minimum atomic E-state index is -1.90. The lowest BCUT2D eigenvalue weighted by molar-refractivity contribution is 0.0534. The zero-order valence-corrected chi connectivity index (χ0v) is 14.5. The normalized spacial score (nSPS) is 13.4. The van der Waals surface area contributed by atoms with Gasteiger partial charge in [-0.15, -0.1) is 11.3 Å². The van der Waals surface area contributed by atoms with E-state index in [1.807, 2.05) is 6.07 Å². The largest absolute Gasteiger partial charge is 0.376 e. The molecule has 134 valence electrons. The highest BCUT2D eigenvalue weighted by atomic mass is 32.1. The quantitative estimate of drug-likeness (QED) is 0.585. The van der Waals surface area contributed by atoms with Gasteiger partial charge in [0.05, 0.1) is 28.4 Å². The molecule has 1 atom stereocenters. The van der Waals surface area contributed by atoms with Crippen molar-refractivity contribution in [1.82, 2.24) is 19.7 Å². The Morgan fingerprint density at radius 3 is 2.78 bits per heavy atom. The Morgan fingerprint density at radius 1 is 1.22 bits per heavy atom. The summed E-state index contributed by atoms with van der Waals surface area (Å²) >= 11 is 1.13. The Balaban J connectivity index is 1.91. The lowest BCUT2D eigenvalue weighted by Gasteiger charge is -2.26. The van der Waals surface area contributed by atoms with E-state index in [-0.39, 0.29) is 17.1 Å². The van der Waals surface area contributed by atoms with Crippen molar-refractivity contribution in [3.05, 3.63) is 76.8 Å². The minimum Gasteiger partial charge on any atom is -0.376 e. The lowest BCUT2D eigenvalue weighted by atomic mass is 9.93. The van der Waals surface area contributed by atoms with E-state index in [1.54, 1.807) is 18.2 Å². The summed E-state index contributed by atoms with van der Waals surface area (Å²) in [5, 5.41) is 24.7. The van der Waals surface area contributed by atoms with Crippen molar-refractivity contribution in [3.8, 4) is 6.07 Å². The van der Waals surface area contributed by atoms with Crippen LogP contribution < -0.4 is 0 Å². The third kappa shape index (κ3) is 3.05. The molecule has 6 nitrogen and oxygen atoms in total. The Hall–Kier alpha value is -3.22. The molecule has 27 heavy (non-hydrogen) atoms. The topological polar surface area (TPSA) is 87.6 Å². The molecule has 1 unspecified atom stereocenters. The van der Waals surface area contributed by atoms with E-state index in [9.17, 15) is 13.9 Å². The van der Waals surface area contributed by atoms with Crippen LogP contribution in [-0.2, 0) is 12.1 Å². The SMILES string of the molecule is N#Cc1ccc2nc(C(O)(Cn3cncn3)c3ccc(F)cc3F)sc2c1. The number of aromatic nitrogens is 4. The first-order valence-corrected chi connectivity index (χ1v) is 8.63. The average Bonchev–Trinajstić information content (AvgIpc) is 3.30. The van der Waals surface area contributed by atoms with E-state index in [4.69, 9.17) is 5.26 Å². The summed E-state index contributed by atoms with van der Waals surface area (Å²) < 4.78 is 29.9. The Bertz CT molecular complexity index is 1170. The highest BCUT2D eigenvalue weighted by Gasteiger charge is 2.38. The molecule has 0 amide bonds. The predicted molar refractivity (Wildman–Crippen MR) is 93.7 cm³/mol. The molecule has 4 aromatic rings. The summed E-state index contributed by atoms with van der Waals surface area (Å²) in [7, 11) is 0. The maximum absolute atomic E-state index is 14.5. The smallest absolute Gasteiger partial charge is 0.163 e. The molecule has 9 heteroatoms. The van der Waals surface area contributed by atoms with Gasteiger partial charge in [-0.1, -0.05) is 0 Å². The van der Waals surface area contributed by atoms with Gasteiger partial charge in [-0.3, -0.25) is 0 Å². The van der Waals surface area contributed by atoms with Crippen molar-refractivity contribution in [2.24, 2.45) is 0 Å². The number of aliphatic hydroxyl groups is 1. The summed E-state index contributed by atoms with van der Waals surface area (Å²) in [4.78, 5) is 8.25. The summed E-state index contributed by atoms with van der Waals surface area (Å²) in [6, 6.07) is 9.93. The fourth-order valence-electron chi connectivity index (χ4n) is 2.81. The molecular weight excluding hydrogens is 372 g/mol. The summed E-state index contributed by atoms with van der Waals surface area (Å²) in [6.45, 7) is -0.166. The van der Waals surface area contributed by atoms with Crippen LogP contribution in [0.25, 0.3) is 10.2 Å². The van der Waals surface area contributed by atoms with Crippen LogP contribution in [0.5, 0.6) is 0 Å². The van der Waals surface area contributed by atoms with Gasteiger partial charge in [0.2, 0.25) is 0 Å². The third-order valence-corrected chi connectivity index (χ3v) is 5.27. The van der Waals surface area contributed by atoms with Crippen LogP contribution in [-0.4, -0.2) is 24.9 Å². The Kier molecular flexibility index (Phi) is 4.14. The van der Waals surface area contributed by atoms with Crippen LogP contribution in [0, 0.1) is 23.0 Å². The number of nitrogens with zero attached hydrogens (tertiary/aromatic N) is 5. The minimum absolute atomic E-state index is 0.126. The van der Waals surface area contributed by atoms with Gasteiger partial charge in [0.15, 0.2) is 5.60 Å². The molecule has 1 N–H and O–H groups in total. The van der Waals surface area contributed by atoms with Crippen molar-refractivity contribution in [1.29, 1.82) is 5.26 Å². The molecular formula is C18H11F2N5OS. The van der Waals surface area contributed by atoms with Crippen molar-refractivity contribution in [2.45, 2.75) is 12.1 Å². The van der Waals surface area contributed by atoms with Crippen molar-refractivity contribution < 1.29 is 13.9 Å². The predicted octanol–water partition coefficient (Wildman–Crippen LogP) is 2.97. The van der Waals surface area contributed by atoms with Crippen molar-refractivity contribution in [2.75, 3.05) is 0 Å². The molecule has 0 fully saturated rings. The molecule has 0 saturated heterocycles. The summed E-state index contributed by atoms with van der Waals surface area (Å²) in [6.07, 6.45) is 2.67. The number of fused-ring (bicyclic) bond motifs is 1. The molecule has 0 spiro atoms. The molecule has 0 radical (unpaired) electrons. The van der Waals surface area contributed by atoms with E-state index in [2.05, 4.69) is 15.1 Å². The van der Waals surface area contributed by atoms with Gasteiger partial charge < -0.3 is 5.11 Å². The van der Waals surface area contributed by atoms with E-state index in [1.165, 1.54) is 23.4 Å². The van der Waals surface area contributed by atoms with Crippen LogP contribution in [0.1, 0.15) is 16.1 Å². The standard InChI is InChI=1S/C18H11F2N5OS/c19-12-2-3-13(14(20)6-12)18(26,8-25-10-22-9-23-25)17-24-15-4-1-11(7-21)5-16(15)27-17/h1-6,9-10,26H,8H2. The summed E-state index contributed by atoms with van der Waals surface area (Å²) in [5.41, 5.74) is -1.01. The van der Waals surface area contributed by atoms with Crippen LogP contribution in [0.3, 0.4) is 0 Å². The highest BCUT2D eigenvalue weighted by molar-refractivity contribution is 7.18. The van der Waals surface area contributed by atoms with Gasteiger partial charge in [-0.05, 0) is 30.3 Å². The number of benzene rings is 2. The maximum Gasteiger partial charge on any atom is 0.163 e. The number of thiazole rings is 1. The van der Waals surface area contributed by atoms with Crippen LogP contribution in [0.2, 0.25) is 0 Å². The fourth-order valence-corrected chi connectivity index (χ4v) is 3.91. The van der Waals surface area contributed by atoms with E-state index >= 15 is 0 Å². The van der Waals surface area contributed by atoms with Crippen molar-refractivity contribution >= 4 is 21.6 Å². The van der Waals surface area contributed by atoms with E-state index in [0.717, 1.165) is 17.4 Å². The number of nitriles is 1. The van der Waals surface area contributed by atoms with Gasteiger partial charge >= 0.3 is 0 Å². The Morgan fingerprint density at radius 2 is 2.07 bits per heavy atom. The molecule has 0 saturated carbocycles. The first-order valence-electron chi connectivity index (χ1n) is 7.81. The highest BCUT2D eigenvalue weighted by Crippen LogP contribution is 2.38. The lowest BCUT2D eigenvalue weighted by Crippen LogP contribution is -2.34. The van der Waals surface area contributed by atoms with E-state index < -0.39 is 17.2 Å². The molecule has 0 aliphatic carbocycles. The van der Waals surface area contributed by atoms with Gasteiger partial charge in [0.25, 0.3) is 0 Å². The fraction of sp³-hybridized carbons (Fsp3) is 0.111. The molecule has 0 aliphatic rings. The second kappa shape index (κ2) is 6.50. The number of rotatable bonds is 4. The number of hydrogen-bond acceptors (Lipinski definition) is 6. The monoisotopic (exact) mass is 383 g/mol. The van der Waals surface area contributed by atoms with Gasteiger partial charge in [0, 0.05) is 11.6 Å². The van der Waals surface area contributed by atoms with E-state index in [0.29, 0.717) is 21.8 Å². The molecule has 2 aromatic carbocycles. The average molecular weight is 383 g/mol. The zero-order chi connectivity index (χ0) is 19.0. The molecule has 0 aliphatic heterocycles. The van der Waals surface area contributed by atoms with Crippen molar-refractivity contribution in [3.63, 3.8) is 0 Å². The maximum atomic E-state index is 14.5. The second-order valence-electron chi connectivity index (χ2n) is 5.89. The molecule has 2 aromatic heterocycles. The molecule has 0 bridgehead atoms. The number of halogens is 2. The zero-order valence-electron chi connectivity index (χ0n) is 13.7. The third-order valence-electron chi connectivity index (χ3n) is 4.11. The van der Waals surface area contributed by atoms with Gasteiger partial charge in [-0.2, -0.15) is 10.4 Å².